The smallest absolute Gasteiger partial charge is 0.374 e. The minimum atomic E-state index is -4.02. The Labute approximate surface area is 99.8 Å². The molecule has 17 heavy (non-hydrogen) atoms. The van der Waals surface area contributed by atoms with Gasteiger partial charge in [0.25, 0.3) is 0 Å². The van der Waals surface area contributed by atoms with Crippen molar-refractivity contribution in [3.8, 4) is 0 Å². The molecule has 92 valence electrons. The van der Waals surface area contributed by atoms with Crippen LogP contribution in [0.4, 0.5) is 0 Å². The van der Waals surface area contributed by atoms with Crippen molar-refractivity contribution in [2.75, 3.05) is 6.61 Å². The number of hydrogen-bond acceptors (Lipinski definition) is 5. The van der Waals surface area contributed by atoms with Crippen LogP contribution in [-0.4, -0.2) is 21.0 Å². The molecule has 0 aliphatic heterocycles. The van der Waals surface area contributed by atoms with E-state index in [0.717, 1.165) is 0 Å². The first-order valence-corrected chi connectivity index (χ1v) is 6.23. The van der Waals surface area contributed by atoms with E-state index in [9.17, 15) is 13.2 Å². The van der Waals surface area contributed by atoms with Crippen molar-refractivity contribution in [1.29, 1.82) is 0 Å². The lowest BCUT2D eigenvalue weighted by atomic mass is 10.4. The van der Waals surface area contributed by atoms with E-state index >= 15 is 0 Å². The van der Waals surface area contributed by atoms with E-state index in [0.29, 0.717) is 0 Å². The molecule has 0 saturated carbocycles. The summed E-state index contributed by atoms with van der Waals surface area (Å²) >= 11 is 0. The predicted octanol–water partition coefficient (Wildman–Crippen LogP) is 1.47. The molecule has 0 heterocycles. The number of carbonyl (C=O) groups is 1. The Balaban J connectivity index is 2.82. The Hall–Kier alpha value is -1.82. The molecule has 0 radical (unpaired) electrons. The van der Waals surface area contributed by atoms with E-state index in [4.69, 9.17) is 0 Å². The van der Waals surface area contributed by atoms with Crippen LogP contribution in [0, 0.1) is 0 Å². The lowest BCUT2D eigenvalue weighted by molar-refractivity contribution is -0.140. The van der Waals surface area contributed by atoms with Gasteiger partial charge in [0.05, 0.1) is 6.61 Å². The highest BCUT2D eigenvalue weighted by molar-refractivity contribution is 7.86. The summed E-state index contributed by atoms with van der Waals surface area (Å²) < 4.78 is 32.4. The molecule has 5 nitrogen and oxygen atoms in total. The van der Waals surface area contributed by atoms with Gasteiger partial charge in [0.1, 0.15) is 4.90 Å². The summed E-state index contributed by atoms with van der Waals surface area (Å²) in [7, 11) is -4.02. The van der Waals surface area contributed by atoms with Crippen LogP contribution < -0.4 is 0 Å². The van der Waals surface area contributed by atoms with Gasteiger partial charge >= 0.3 is 16.1 Å². The molecule has 0 fully saturated rings. The minimum Gasteiger partial charge on any atom is -0.460 e. The third-order valence-electron chi connectivity index (χ3n) is 1.75. The highest BCUT2D eigenvalue weighted by Crippen LogP contribution is 2.15. The second-order valence-corrected chi connectivity index (χ2v) is 4.54. The summed E-state index contributed by atoms with van der Waals surface area (Å²) in [6.45, 7) is 4.92. The van der Waals surface area contributed by atoms with Gasteiger partial charge in [0.15, 0.2) is 0 Å². The largest absolute Gasteiger partial charge is 0.460 e. The SMILES string of the molecule is C=C(OS(=O)(=O)c1ccccc1)C(=O)OCC. The van der Waals surface area contributed by atoms with E-state index in [1.165, 1.54) is 12.1 Å². The summed E-state index contributed by atoms with van der Waals surface area (Å²) in [5.74, 6) is -1.46. The summed E-state index contributed by atoms with van der Waals surface area (Å²) in [6.07, 6.45) is 0. The van der Waals surface area contributed by atoms with E-state index in [1.54, 1.807) is 25.1 Å². The highest BCUT2D eigenvalue weighted by Gasteiger charge is 2.21. The molecule has 0 N–H and O–H groups in total. The van der Waals surface area contributed by atoms with Crippen LogP contribution >= 0.6 is 0 Å². The zero-order valence-electron chi connectivity index (χ0n) is 9.25. The molecule has 0 aliphatic rings. The van der Waals surface area contributed by atoms with Gasteiger partial charge < -0.3 is 8.92 Å². The fraction of sp³-hybridized carbons (Fsp3) is 0.182. The molecular formula is C11H12O5S. The van der Waals surface area contributed by atoms with Crippen molar-refractivity contribution in [2.24, 2.45) is 0 Å². The standard InChI is InChI=1S/C11H12O5S/c1-3-15-11(12)9(2)16-17(13,14)10-7-5-4-6-8-10/h4-8H,2-3H2,1H3. The van der Waals surface area contributed by atoms with Crippen molar-refractivity contribution in [3.63, 3.8) is 0 Å². The number of carbonyl (C=O) groups excluding carboxylic acids is 1. The van der Waals surface area contributed by atoms with E-state index in [-0.39, 0.29) is 11.5 Å². The average Bonchev–Trinajstić information content (AvgIpc) is 2.30. The molecule has 0 saturated heterocycles. The fourth-order valence-corrected chi connectivity index (χ4v) is 1.93. The Kier molecular flexibility index (Phi) is 4.28. The summed E-state index contributed by atoms with van der Waals surface area (Å²) in [4.78, 5) is 11.1. The van der Waals surface area contributed by atoms with Crippen molar-refractivity contribution in [1.82, 2.24) is 0 Å². The Morgan fingerprint density at radius 2 is 1.88 bits per heavy atom. The second kappa shape index (κ2) is 5.49. The quantitative estimate of drug-likeness (QED) is 0.345. The molecule has 1 aromatic rings. The predicted molar refractivity (Wildman–Crippen MR) is 60.5 cm³/mol. The third kappa shape index (κ3) is 3.60. The molecule has 0 aromatic heterocycles. The molecule has 0 unspecified atom stereocenters. The fourth-order valence-electron chi connectivity index (χ4n) is 1.01. The molecule has 0 aliphatic carbocycles. The Bertz CT molecular complexity index is 504. The van der Waals surface area contributed by atoms with Crippen molar-refractivity contribution >= 4 is 16.1 Å². The maximum Gasteiger partial charge on any atom is 0.374 e. The lowest BCUT2D eigenvalue weighted by Crippen LogP contribution is -2.14. The third-order valence-corrected chi connectivity index (χ3v) is 3.02. The first kappa shape index (κ1) is 13.2. The van der Waals surface area contributed by atoms with Gasteiger partial charge in [0.2, 0.25) is 5.76 Å². The van der Waals surface area contributed by atoms with Crippen molar-refractivity contribution in [3.05, 3.63) is 42.7 Å². The number of hydrogen-bond donors (Lipinski definition) is 0. The number of esters is 1. The molecule has 6 heteroatoms. The topological polar surface area (TPSA) is 69.7 Å². The van der Waals surface area contributed by atoms with Crippen molar-refractivity contribution in [2.45, 2.75) is 11.8 Å². The Morgan fingerprint density at radius 1 is 1.29 bits per heavy atom. The summed E-state index contributed by atoms with van der Waals surface area (Å²) in [5, 5.41) is 0. The zero-order chi connectivity index (χ0) is 12.9. The van der Waals surface area contributed by atoms with E-state index < -0.39 is 21.8 Å². The van der Waals surface area contributed by atoms with Crippen LogP contribution in [-0.2, 0) is 23.8 Å². The van der Waals surface area contributed by atoms with Crippen LogP contribution in [0.2, 0.25) is 0 Å². The van der Waals surface area contributed by atoms with Crippen LogP contribution in [0.5, 0.6) is 0 Å². The van der Waals surface area contributed by atoms with Crippen LogP contribution in [0.15, 0.2) is 47.6 Å². The monoisotopic (exact) mass is 256 g/mol. The molecule has 0 bridgehead atoms. The molecule has 0 atom stereocenters. The molecular weight excluding hydrogens is 244 g/mol. The van der Waals surface area contributed by atoms with Crippen LogP contribution in [0.1, 0.15) is 6.92 Å². The lowest BCUT2D eigenvalue weighted by Gasteiger charge is -2.08. The number of ether oxygens (including phenoxy) is 1. The highest BCUT2D eigenvalue weighted by atomic mass is 32.2. The van der Waals surface area contributed by atoms with Gasteiger partial charge in [-0.25, -0.2) is 4.79 Å². The Morgan fingerprint density at radius 3 is 2.41 bits per heavy atom. The first-order chi connectivity index (χ1) is 7.97. The van der Waals surface area contributed by atoms with E-state index in [2.05, 4.69) is 15.5 Å². The second-order valence-electron chi connectivity index (χ2n) is 2.99. The van der Waals surface area contributed by atoms with Gasteiger partial charge in [0, 0.05) is 0 Å². The van der Waals surface area contributed by atoms with Gasteiger partial charge in [-0.1, -0.05) is 18.2 Å². The van der Waals surface area contributed by atoms with E-state index in [1.807, 2.05) is 0 Å². The number of benzene rings is 1. The van der Waals surface area contributed by atoms with Crippen LogP contribution in [0.3, 0.4) is 0 Å². The van der Waals surface area contributed by atoms with Gasteiger partial charge in [-0.2, -0.15) is 8.42 Å². The molecule has 1 aromatic carbocycles. The van der Waals surface area contributed by atoms with Crippen molar-refractivity contribution < 1.29 is 22.1 Å². The van der Waals surface area contributed by atoms with Gasteiger partial charge in [-0.15, -0.1) is 0 Å². The zero-order valence-corrected chi connectivity index (χ0v) is 10.1. The maximum atomic E-state index is 11.7. The summed E-state index contributed by atoms with van der Waals surface area (Å²) in [5.41, 5.74) is 0. The molecule has 0 amide bonds. The molecule has 1 rings (SSSR count). The van der Waals surface area contributed by atoms with Gasteiger partial charge in [-0.3, -0.25) is 0 Å². The van der Waals surface area contributed by atoms with Gasteiger partial charge in [-0.05, 0) is 25.6 Å². The van der Waals surface area contributed by atoms with Crippen LogP contribution in [0.25, 0.3) is 0 Å². The average molecular weight is 256 g/mol. The number of rotatable bonds is 5. The summed E-state index contributed by atoms with van der Waals surface area (Å²) in [6, 6.07) is 7.47. The molecule has 0 spiro atoms. The normalized spacial score (nSPS) is 10.6. The minimum absolute atomic E-state index is 0.0505. The maximum absolute atomic E-state index is 11.7. The first-order valence-electron chi connectivity index (χ1n) is 4.83.